The van der Waals surface area contributed by atoms with Crippen molar-refractivity contribution in [2.75, 3.05) is 23.0 Å². The molecule has 0 rings (SSSR count). The van der Waals surface area contributed by atoms with Crippen molar-refractivity contribution >= 4 is 32.4 Å². The topological polar surface area (TPSA) is 0 Å². The normalized spacial score (nSPS) is 15.9. The van der Waals surface area contributed by atoms with E-state index in [2.05, 4.69) is 46.4 Å². The Morgan fingerprint density at radius 1 is 0.933 bits per heavy atom. The van der Waals surface area contributed by atoms with E-state index in [1.54, 1.807) is 0 Å². The lowest BCUT2D eigenvalue weighted by Crippen LogP contribution is -2.15. The molecule has 2 atom stereocenters. The second kappa shape index (κ2) is 9.00. The maximum Gasteiger partial charge on any atom is 0.00129 e. The Morgan fingerprint density at radius 2 is 1.53 bits per heavy atom. The SMILES string of the molecule is CC(C)CSCC(C)CS(=S)CC(C)C. The fraction of sp³-hybridized carbons (Fsp3) is 1.00. The van der Waals surface area contributed by atoms with Crippen LogP contribution in [-0.4, -0.2) is 23.0 Å². The Morgan fingerprint density at radius 3 is 2.00 bits per heavy atom. The monoisotopic (exact) mass is 266 g/mol. The van der Waals surface area contributed by atoms with E-state index < -0.39 is 0 Å². The highest BCUT2D eigenvalue weighted by atomic mass is 32.8. The van der Waals surface area contributed by atoms with Crippen LogP contribution in [0.3, 0.4) is 0 Å². The van der Waals surface area contributed by atoms with Crippen LogP contribution in [0.1, 0.15) is 34.6 Å². The van der Waals surface area contributed by atoms with Crippen molar-refractivity contribution in [3.05, 3.63) is 0 Å². The first-order valence-corrected chi connectivity index (χ1v) is 9.48. The van der Waals surface area contributed by atoms with E-state index in [1.165, 1.54) is 23.0 Å². The molecule has 0 aliphatic carbocycles. The smallest absolute Gasteiger partial charge is 0.00129 e. The van der Waals surface area contributed by atoms with Crippen molar-refractivity contribution in [2.45, 2.75) is 34.6 Å². The molecule has 0 N–H and O–H groups in total. The quantitative estimate of drug-likeness (QED) is 0.656. The molecule has 0 aliphatic rings. The van der Waals surface area contributed by atoms with E-state index in [-0.39, 0.29) is 9.45 Å². The highest BCUT2D eigenvalue weighted by molar-refractivity contribution is 8.28. The van der Waals surface area contributed by atoms with Crippen LogP contribution < -0.4 is 0 Å². The fourth-order valence-corrected chi connectivity index (χ4v) is 5.73. The second-order valence-corrected chi connectivity index (χ2v) is 9.24. The highest BCUT2D eigenvalue weighted by Gasteiger charge is 2.07. The number of rotatable bonds is 8. The van der Waals surface area contributed by atoms with Crippen molar-refractivity contribution in [1.82, 2.24) is 0 Å². The van der Waals surface area contributed by atoms with Crippen LogP contribution in [0.25, 0.3) is 0 Å². The Hall–Kier alpha value is 0.920. The molecule has 0 aromatic carbocycles. The lowest BCUT2D eigenvalue weighted by Gasteiger charge is -2.14. The van der Waals surface area contributed by atoms with Crippen LogP contribution in [0.15, 0.2) is 0 Å². The van der Waals surface area contributed by atoms with Gasteiger partial charge in [-0.2, -0.15) is 11.8 Å². The van der Waals surface area contributed by atoms with Gasteiger partial charge in [0.2, 0.25) is 0 Å². The molecule has 0 aromatic rings. The molecular formula is C12H26S3. The molecule has 0 aliphatic heterocycles. The molecule has 0 saturated carbocycles. The average molecular weight is 267 g/mol. The first-order chi connectivity index (χ1) is 6.91. The lowest BCUT2D eigenvalue weighted by atomic mass is 10.3. The van der Waals surface area contributed by atoms with Crippen molar-refractivity contribution < 1.29 is 0 Å². The van der Waals surface area contributed by atoms with Crippen LogP contribution in [0.5, 0.6) is 0 Å². The van der Waals surface area contributed by atoms with Crippen LogP contribution in [0.2, 0.25) is 0 Å². The van der Waals surface area contributed by atoms with Gasteiger partial charge in [0.05, 0.1) is 0 Å². The molecular weight excluding hydrogens is 240 g/mol. The molecule has 0 spiro atoms. The third-order valence-corrected chi connectivity index (χ3v) is 6.35. The summed E-state index contributed by atoms with van der Waals surface area (Å²) in [6, 6.07) is 0. The number of hydrogen-bond donors (Lipinski definition) is 0. The Kier molecular flexibility index (Phi) is 9.55. The van der Waals surface area contributed by atoms with E-state index in [4.69, 9.17) is 11.2 Å². The van der Waals surface area contributed by atoms with Crippen molar-refractivity contribution in [3.8, 4) is 0 Å². The summed E-state index contributed by atoms with van der Waals surface area (Å²) in [4.78, 5) is 0. The van der Waals surface area contributed by atoms with E-state index in [0.29, 0.717) is 0 Å². The van der Waals surface area contributed by atoms with Gasteiger partial charge in [-0.15, -0.1) is 9.45 Å². The van der Waals surface area contributed by atoms with E-state index >= 15 is 0 Å². The zero-order chi connectivity index (χ0) is 11.8. The average Bonchev–Trinajstić information content (AvgIpc) is 2.00. The summed E-state index contributed by atoms with van der Waals surface area (Å²) in [5.74, 6) is 7.44. The molecule has 0 saturated heterocycles. The van der Waals surface area contributed by atoms with Crippen LogP contribution in [-0.2, 0) is 20.6 Å². The number of thioether (sulfide) groups is 1. The first-order valence-electron chi connectivity index (χ1n) is 5.84. The summed E-state index contributed by atoms with van der Waals surface area (Å²) in [7, 11) is 0.226. The van der Waals surface area contributed by atoms with E-state index in [9.17, 15) is 0 Å². The van der Waals surface area contributed by atoms with Crippen molar-refractivity contribution in [3.63, 3.8) is 0 Å². The van der Waals surface area contributed by atoms with Gasteiger partial charge in [0.15, 0.2) is 0 Å². The van der Waals surface area contributed by atoms with Gasteiger partial charge < -0.3 is 0 Å². The Balaban J connectivity index is 3.55. The minimum Gasteiger partial charge on any atom is -0.161 e. The Labute approximate surface area is 108 Å². The van der Waals surface area contributed by atoms with E-state index in [0.717, 1.165) is 17.8 Å². The molecule has 0 bridgehead atoms. The molecule has 2 unspecified atom stereocenters. The summed E-state index contributed by atoms with van der Waals surface area (Å²) in [5, 5.41) is 0. The fourth-order valence-electron chi connectivity index (χ4n) is 1.31. The minimum absolute atomic E-state index is 0.226. The molecule has 0 fully saturated rings. The molecule has 0 aromatic heterocycles. The van der Waals surface area contributed by atoms with Gasteiger partial charge in [-0.1, -0.05) is 45.8 Å². The molecule has 15 heavy (non-hydrogen) atoms. The summed E-state index contributed by atoms with van der Waals surface area (Å²) in [5.41, 5.74) is 0. The molecule has 0 heterocycles. The second-order valence-electron chi connectivity index (χ2n) is 5.20. The van der Waals surface area contributed by atoms with Gasteiger partial charge in [-0.05, 0) is 29.3 Å². The van der Waals surface area contributed by atoms with Crippen LogP contribution in [0.4, 0.5) is 0 Å². The molecule has 3 heteroatoms. The van der Waals surface area contributed by atoms with Crippen molar-refractivity contribution in [1.29, 1.82) is 0 Å². The van der Waals surface area contributed by atoms with Gasteiger partial charge in [0.25, 0.3) is 0 Å². The van der Waals surface area contributed by atoms with Gasteiger partial charge in [-0.3, -0.25) is 0 Å². The Bertz CT molecular complexity index is 176. The first kappa shape index (κ1) is 15.9. The van der Waals surface area contributed by atoms with Gasteiger partial charge in [0.1, 0.15) is 0 Å². The standard InChI is InChI=1S/C12H26S3/c1-10(2)6-14-7-12(5)9-15(13)8-11(3)4/h10-12H,6-9H2,1-5H3. The number of hydrogen-bond acceptors (Lipinski definition) is 2. The van der Waals surface area contributed by atoms with Crippen LogP contribution in [0, 0.1) is 17.8 Å². The minimum atomic E-state index is 0.226. The third-order valence-electron chi connectivity index (χ3n) is 1.84. The highest BCUT2D eigenvalue weighted by Crippen LogP contribution is 2.13. The predicted molar refractivity (Wildman–Crippen MR) is 80.6 cm³/mol. The van der Waals surface area contributed by atoms with Gasteiger partial charge in [0, 0.05) is 11.5 Å². The maximum atomic E-state index is 5.51. The predicted octanol–water partition coefficient (Wildman–Crippen LogP) is 3.75. The summed E-state index contributed by atoms with van der Waals surface area (Å²) < 4.78 is 0. The van der Waals surface area contributed by atoms with Gasteiger partial charge in [-0.25, -0.2) is 0 Å². The molecule has 0 amide bonds. The molecule has 92 valence electrons. The zero-order valence-electron chi connectivity index (χ0n) is 10.8. The molecule has 0 radical (unpaired) electrons. The van der Waals surface area contributed by atoms with Gasteiger partial charge >= 0.3 is 0 Å². The van der Waals surface area contributed by atoms with Crippen LogP contribution >= 0.6 is 11.8 Å². The lowest BCUT2D eigenvalue weighted by molar-refractivity contribution is 0.726. The van der Waals surface area contributed by atoms with Crippen molar-refractivity contribution in [2.24, 2.45) is 17.8 Å². The zero-order valence-corrected chi connectivity index (χ0v) is 13.2. The maximum absolute atomic E-state index is 5.51. The molecule has 0 nitrogen and oxygen atoms in total. The summed E-state index contributed by atoms with van der Waals surface area (Å²) in [6.45, 7) is 11.5. The summed E-state index contributed by atoms with van der Waals surface area (Å²) in [6.07, 6.45) is 0. The van der Waals surface area contributed by atoms with E-state index in [1.807, 2.05) is 0 Å². The largest absolute Gasteiger partial charge is 0.161 e. The summed E-state index contributed by atoms with van der Waals surface area (Å²) >= 11 is 7.60. The third kappa shape index (κ3) is 11.2.